The molecular formula is C12H24ClNO. The molecule has 15 heavy (non-hydrogen) atoms. The molecule has 0 N–H and O–H groups in total. The van der Waals surface area contributed by atoms with Gasteiger partial charge in [-0.25, -0.2) is 0 Å². The lowest BCUT2D eigenvalue weighted by atomic mass is 10.2. The van der Waals surface area contributed by atoms with Crippen LogP contribution in [-0.2, 0) is 4.74 Å². The van der Waals surface area contributed by atoms with Crippen LogP contribution in [0, 0.1) is 0 Å². The normalized spacial score (nSPS) is 16.2. The van der Waals surface area contributed by atoms with E-state index < -0.39 is 0 Å². The van der Waals surface area contributed by atoms with E-state index in [9.17, 15) is 0 Å². The Morgan fingerprint density at radius 3 is 2.47 bits per heavy atom. The molecule has 2 nitrogen and oxygen atoms in total. The third-order valence-corrected chi connectivity index (χ3v) is 3.24. The van der Waals surface area contributed by atoms with Gasteiger partial charge < -0.3 is 4.74 Å². The van der Waals surface area contributed by atoms with Crippen LogP contribution in [0.2, 0.25) is 0 Å². The molecule has 90 valence electrons. The molecule has 0 bridgehead atoms. The fourth-order valence-corrected chi connectivity index (χ4v) is 2.08. The standard InChI is InChI=1S/C12H24ClNO/c1-15-11-10-14(12-6-7-12)9-5-3-2-4-8-13/h12H,2-11H2,1H3. The van der Waals surface area contributed by atoms with Crippen LogP contribution in [0.15, 0.2) is 0 Å². The Morgan fingerprint density at radius 2 is 1.87 bits per heavy atom. The van der Waals surface area contributed by atoms with E-state index in [0.29, 0.717) is 0 Å². The Kier molecular flexibility index (Phi) is 7.41. The zero-order valence-electron chi connectivity index (χ0n) is 9.88. The van der Waals surface area contributed by atoms with Crippen molar-refractivity contribution in [1.29, 1.82) is 0 Å². The third-order valence-electron chi connectivity index (χ3n) is 2.97. The molecule has 1 rings (SSSR count). The Hall–Kier alpha value is 0.210. The van der Waals surface area contributed by atoms with Gasteiger partial charge in [-0.3, -0.25) is 4.90 Å². The maximum atomic E-state index is 5.65. The summed E-state index contributed by atoms with van der Waals surface area (Å²) in [7, 11) is 1.78. The van der Waals surface area contributed by atoms with Gasteiger partial charge in [0.05, 0.1) is 6.61 Å². The van der Waals surface area contributed by atoms with Crippen molar-refractivity contribution in [3.8, 4) is 0 Å². The molecule has 1 fully saturated rings. The van der Waals surface area contributed by atoms with Gasteiger partial charge >= 0.3 is 0 Å². The number of hydrogen-bond donors (Lipinski definition) is 0. The van der Waals surface area contributed by atoms with E-state index in [1.54, 1.807) is 7.11 Å². The minimum atomic E-state index is 0.815. The molecule has 0 saturated heterocycles. The van der Waals surface area contributed by atoms with E-state index in [2.05, 4.69) is 4.90 Å². The van der Waals surface area contributed by atoms with Crippen molar-refractivity contribution in [3.63, 3.8) is 0 Å². The highest BCUT2D eigenvalue weighted by molar-refractivity contribution is 6.17. The van der Waals surface area contributed by atoms with Gasteiger partial charge in [-0.05, 0) is 32.2 Å². The van der Waals surface area contributed by atoms with Crippen LogP contribution in [0.5, 0.6) is 0 Å². The molecular weight excluding hydrogens is 210 g/mol. The molecule has 0 aromatic carbocycles. The van der Waals surface area contributed by atoms with Gasteiger partial charge in [0.1, 0.15) is 0 Å². The summed E-state index contributed by atoms with van der Waals surface area (Å²) in [5.41, 5.74) is 0. The number of unbranched alkanes of at least 4 members (excludes halogenated alkanes) is 3. The molecule has 0 aliphatic heterocycles. The summed E-state index contributed by atoms with van der Waals surface area (Å²) in [5, 5.41) is 0. The molecule has 0 atom stereocenters. The lowest BCUT2D eigenvalue weighted by molar-refractivity contribution is 0.142. The van der Waals surface area contributed by atoms with Crippen molar-refractivity contribution in [2.24, 2.45) is 0 Å². The minimum Gasteiger partial charge on any atom is -0.383 e. The van der Waals surface area contributed by atoms with Gasteiger partial charge in [-0.2, -0.15) is 0 Å². The summed E-state index contributed by atoms with van der Waals surface area (Å²) in [4.78, 5) is 2.59. The molecule has 0 spiro atoms. The summed E-state index contributed by atoms with van der Waals surface area (Å²) >= 11 is 5.65. The number of ether oxygens (including phenoxy) is 1. The van der Waals surface area contributed by atoms with Crippen molar-refractivity contribution in [3.05, 3.63) is 0 Å². The van der Waals surface area contributed by atoms with E-state index in [4.69, 9.17) is 16.3 Å². The first kappa shape index (κ1) is 13.3. The van der Waals surface area contributed by atoms with Gasteiger partial charge in [0.2, 0.25) is 0 Å². The van der Waals surface area contributed by atoms with Crippen LogP contribution in [0.4, 0.5) is 0 Å². The molecule has 0 radical (unpaired) electrons. The Labute approximate surface area is 98.9 Å². The molecule has 0 aromatic heterocycles. The Bertz CT molecular complexity index is 151. The van der Waals surface area contributed by atoms with Crippen molar-refractivity contribution in [2.75, 3.05) is 32.7 Å². The van der Waals surface area contributed by atoms with Crippen LogP contribution in [0.25, 0.3) is 0 Å². The first-order chi connectivity index (χ1) is 7.38. The highest BCUT2D eigenvalue weighted by atomic mass is 35.5. The van der Waals surface area contributed by atoms with Crippen LogP contribution in [0.3, 0.4) is 0 Å². The van der Waals surface area contributed by atoms with E-state index in [0.717, 1.165) is 25.1 Å². The Morgan fingerprint density at radius 1 is 1.13 bits per heavy atom. The average molecular weight is 234 g/mol. The summed E-state index contributed by atoms with van der Waals surface area (Å²) < 4.78 is 5.14. The summed E-state index contributed by atoms with van der Waals surface area (Å²) in [6, 6.07) is 0.869. The second-order valence-electron chi connectivity index (χ2n) is 4.36. The monoisotopic (exact) mass is 233 g/mol. The maximum Gasteiger partial charge on any atom is 0.0589 e. The van der Waals surface area contributed by atoms with E-state index in [1.165, 1.54) is 45.1 Å². The zero-order chi connectivity index (χ0) is 10.9. The zero-order valence-corrected chi connectivity index (χ0v) is 10.6. The number of rotatable bonds is 10. The number of alkyl halides is 1. The van der Waals surface area contributed by atoms with Crippen LogP contribution < -0.4 is 0 Å². The lowest BCUT2D eigenvalue weighted by Gasteiger charge is -2.21. The molecule has 1 aliphatic carbocycles. The maximum absolute atomic E-state index is 5.65. The summed E-state index contributed by atoms with van der Waals surface area (Å²) in [5.74, 6) is 0.815. The SMILES string of the molecule is COCCN(CCCCCCCl)C1CC1. The Balaban J connectivity index is 1.98. The summed E-state index contributed by atoms with van der Waals surface area (Å²) in [6.07, 6.45) is 7.88. The smallest absolute Gasteiger partial charge is 0.0589 e. The van der Waals surface area contributed by atoms with Crippen molar-refractivity contribution < 1.29 is 4.74 Å². The number of hydrogen-bond acceptors (Lipinski definition) is 2. The first-order valence-corrected chi connectivity index (χ1v) is 6.71. The van der Waals surface area contributed by atoms with Gasteiger partial charge in [0.15, 0.2) is 0 Å². The largest absolute Gasteiger partial charge is 0.383 e. The second kappa shape index (κ2) is 8.37. The third kappa shape index (κ3) is 6.39. The van der Waals surface area contributed by atoms with E-state index in [-0.39, 0.29) is 0 Å². The molecule has 1 saturated carbocycles. The molecule has 1 aliphatic rings. The number of halogens is 1. The van der Waals surface area contributed by atoms with Crippen molar-refractivity contribution in [2.45, 2.75) is 44.6 Å². The quantitative estimate of drug-likeness (QED) is 0.425. The first-order valence-electron chi connectivity index (χ1n) is 6.17. The summed E-state index contributed by atoms with van der Waals surface area (Å²) in [6.45, 7) is 3.23. The molecule has 0 unspecified atom stereocenters. The van der Waals surface area contributed by atoms with Crippen LogP contribution >= 0.6 is 11.6 Å². The molecule has 0 amide bonds. The van der Waals surface area contributed by atoms with Gasteiger partial charge in [-0.1, -0.05) is 12.8 Å². The minimum absolute atomic E-state index is 0.815. The highest BCUT2D eigenvalue weighted by Gasteiger charge is 2.27. The molecule has 0 aromatic rings. The van der Waals surface area contributed by atoms with Crippen LogP contribution in [0.1, 0.15) is 38.5 Å². The fraction of sp³-hybridized carbons (Fsp3) is 1.00. The topological polar surface area (TPSA) is 12.5 Å². The van der Waals surface area contributed by atoms with Gasteiger partial charge in [0, 0.05) is 25.6 Å². The van der Waals surface area contributed by atoms with E-state index in [1.807, 2.05) is 0 Å². The van der Waals surface area contributed by atoms with Gasteiger partial charge in [0.25, 0.3) is 0 Å². The van der Waals surface area contributed by atoms with Crippen molar-refractivity contribution in [1.82, 2.24) is 4.90 Å². The van der Waals surface area contributed by atoms with Crippen molar-refractivity contribution >= 4 is 11.6 Å². The number of nitrogens with zero attached hydrogens (tertiary/aromatic N) is 1. The predicted octanol–water partition coefficient (Wildman–Crippen LogP) is 2.90. The van der Waals surface area contributed by atoms with Crippen LogP contribution in [-0.4, -0.2) is 43.6 Å². The second-order valence-corrected chi connectivity index (χ2v) is 4.74. The molecule has 3 heteroatoms. The fourth-order valence-electron chi connectivity index (χ4n) is 1.89. The highest BCUT2D eigenvalue weighted by Crippen LogP contribution is 2.26. The van der Waals surface area contributed by atoms with E-state index >= 15 is 0 Å². The predicted molar refractivity (Wildman–Crippen MR) is 65.7 cm³/mol. The van der Waals surface area contributed by atoms with Gasteiger partial charge in [-0.15, -0.1) is 11.6 Å². The molecule has 0 heterocycles. The number of methoxy groups -OCH3 is 1. The average Bonchev–Trinajstić information content (AvgIpc) is 3.06. The lowest BCUT2D eigenvalue weighted by Crippen LogP contribution is -2.30.